The van der Waals surface area contributed by atoms with E-state index in [1.165, 1.54) is 0 Å². The fraction of sp³-hybridized carbons (Fsp3) is 0.444. The van der Waals surface area contributed by atoms with Crippen molar-refractivity contribution in [1.82, 2.24) is 19.7 Å². The second kappa shape index (κ2) is 4.85. The number of halogens is 1. The highest BCUT2D eigenvalue weighted by Crippen LogP contribution is 2.18. The van der Waals surface area contributed by atoms with Crippen molar-refractivity contribution in [2.24, 2.45) is 0 Å². The Morgan fingerprint density at radius 2 is 2.33 bits per heavy atom. The average molecular weight is 287 g/mol. The van der Waals surface area contributed by atoms with Gasteiger partial charge in [-0.05, 0) is 22.4 Å². The minimum Gasteiger partial charge on any atom is -0.335 e. The van der Waals surface area contributed by atoms with Crippen LogP contribution >= 0.6 is 27.3 Å². The van der Waals surface area contributed by atoms with Crippen LogP contribution in [0.1, 0.15) is 24.2 Å². The van der Waals surface area contributed by atoms with Gasteiger partial charge in [0.2, 0.25) is 0 Å². The van der Waals surface area contributed by atoms with Gasteiger partial charge in [-0.2, -0.15) is 0 Å². The predicted molar refractivity (Wildman–Crippen MR) is 62.9 cm³/mol. The molecule has 2 rings (SSSR count). The van der Waals surface area contributed by atoms with Crippen molar-refractivity contribution in [2.45, 2.75) is 26.3 Å². The molecule has 15 heavy (non-hydrogen) atoms. The highest BCUT2D eigenvalue weighted by atomic mass is 79.9. The third-order valence-electron chi connectivity index (χ3n) is 2.02. The number of hydrogen-bond donors (Lipinski definition) is 0. The Morgan fingerprint density at radius 1 is 1.47 bits per heavy atom. The van der Waals surface area contributed by atoms with Gasteiger partial charge in [-0.25, -0.2) is 4.98 Å². The van der Waals surface area contributed by atoms with Crippen molar-refractivity contribution < 1.29 is 0 Å². The molecule has 80 valence electrons. The van der Waals surface area contributed by atoms with Gasteiger partial charge in [-0.15, -0.1) is 10.2 Å². The number of imidazole rings is 1. The molecular formula is C9H11BrN4S. The Hall–Kier alpha value is -0.750. The van der Waals surface area contributed by atoms with Crippen LogP contribution in [0.15, 0.2) is 16.3 Å². The number of aromatic nitrogens is 4. The molecule has 2 heterocycles. The lowest BCUT2D eigenvalue weighted by molar-refractivity contribution is 0.645. The molecule has 0 radical (unpaired) electrons. The molecule has 0 bridgehead atoms. The minimum absolute atomic E-state index is 0.760. The van der Waals surface area contributed by atoms with Crippen molar-refractivity contribution in [3.05, 3.63) is 27.1 Å². The maximum absolute atomic E-state index is 4.33. The van der Waals surface area contributed by atoms with E-state index in [9.17, 15) is 0 Å². The first kappa shape index (κ1) is 10.8. The summed E-state index contributed by atoms with van der Waals surface area (Å²) in [5, 5.41) is 8.97. The van der Waals surface area contributed by atoms with Gasteiger partial charge in [-0.1, -0.05) is 18.3 Å². The van der Waals surface area contributed by atoms with Gasteiger partial charge in [-0.3, -0.25) is 0 Å². The second-order valence-electron chi connectivity index (χ2n) is 3.16. The lowest BCUT2D eigenvalue weighted by Crippen LogP contribution is -2.03. The molecule has 0 spiro atoms. The molecule has 0 saturated heterocycles. The molecule has 0 saturated carbocycles. The van der Waals surface area contributed by atoms with Gasteiger partial charge >= 0.3 is 0 Å². The standard InChI is InChI=1S/C9H11BrN4S/c1-2-4-14-5-3-11-7(14)6-8-12-13-9(10)15-8/h3,5H,2,4,6H2,1H3. The van der Waals surface area contributed by atoms with Crippen molar-refractivity contribution >= 4 is 27.3 Å². The van der Waals surface area contributed by atoms with Crippen LogP contribution in [-0.4, -0.2) is 19.7 Å². The quantitative estimate of drug-likeness (QED) is 0.867. The van der Waals surface area contributed by atoms with Crippen LogP contribution in [0.25, 0.3) is 0 Å². The molecule has 2 aromatic heterocycles. The lowest BCUT2D eigenvalue weighted by atomic mass is 10.4. The fourth-order valence-corrected chi connectivity index (χ4v) is 2.59. The van der Waals surface area contributed by atoms with Gasteiger partial charge in [0.1, 0.15) is 10.8 Å². The van der Waals surface area contributed by atoms with Gasteiger partial charge in [0, 0.05) is 18.9 Å². The smallest absolute Gasteiger partial charge is 0.183 e. The van der Waals surface area contributed by atoms with Gasteiger partial charge in [0.05, 0.1) is 6.42 Å². The molecule has 0 aliphatic heterocycles. The van der Waals surface area contributed by atoms with Crippen LogP contribution in [-0.2, 0) is 13.0 Å². The summed E-state index contributed by atoms with van der Waals surface area (Å²) in [5.41, 5.74) is 0. The van der Waals surface area contributed by atoms with E-state index in [1.807, 2.05) is 12.4 Å². The lowest BCUT2D eigenvalue weighted by Gasteiger charge is -2.03. The Labute approximate surface area is 101 Å². The van der Waals surface area contributed by atoms with Gasteiger partial charge in [0.15, 0.2) is 3.92 Å². The summed E-state index contributed by atoms with van der Waals surface area (Å²) in [5.74, 6) is 1.06. The van der Waals surface area contributed by atoms with Crippen molar-refractivity contribution in [1.29, 1.82) is 0 Å². The molecule has 0 N–H and O–H groups in total. The van der Waals surface area contributed by atoms with Crippen LogP contribution in [0.3, 0.4) is 0 Å². The molecule has 6 heteroatoms. The number of aryl methyl sites for hydroxylation is 1. The summed E-state index contributed by atoms with van der Waals surface area (Å²) in [6.07, 6.45) is 5.72. The Balaban J connectivity index is 2.13. The zero-order valence-electron chi connectivity index (χ0n) is 8.35. The van der Waals surface area contributed by atoms with Crippen molar-refractivity contribution in [3.63, 3.8) is 0 Å². The SMILES string of the molecule is CCCn1ccnc1Cc1nnc(Br)s1. The monoisotopic (exact) mass is 286 g/mol. The highest BCUT2D eigenvalue weighted by molar-refractivity contribution is 9.11. The first-order chi connectivity index (χ1) is 7.29. The van der Waals surface area contributed by atoms with Crippen LogP contribution < -0.4 is 0 Å². The summed E-state index contributed by atoms with van der Waals surface area (Å²) in [7, 11) is 0. The molecule has 4 nitrogen and oxygen atoms in total. The summed E-state index contributed by atoms with van der Waals surface area (Å²) in [6, 6.07) is 0. The topological polar surface area (TPSA) is 43.6 Å². The van der Waals surface area contributed by atoms with Crippen LogP contribution in [0.2, 0.25) is 0 Å². The zero-order valence-corrected chi connectivity index (χ0v) is 10.8. The Kier molecular flexibility index (Phi) is 3.48. The largest absolute Gasteiger partial charge is 0.335 e. The van der Waals surface area contributed by atoms with E-state index in [0.717, 1.165) is 34.1 Å². The third-order valence-corrected chi connectivity index (χ3v) is 3.37. The van der Waals surface area contributed by atoms with E-state index in [2.05, 4.69) is 42.6 Å². The highest BCUT2D eigenvalue weighted by Gasteiger charge is 2.07. The van der Waals surface area contributed by atoms with E-state index >= 15 is 0 Å². The van der Waals surface area contributed by atoms with E-state index in [0.29, 0.717) is 0 Å². The number of hydrogen-bond acceptors (Lipinski definition) is 4. The molecule has 2 aromatic rings. The first-order valence-corrected chi connectivity index (χ1v) is 6.38. The molecular weight excluding hydrogens is 276 g/mol. The van der Waals surface area contributed by atoms with Crippen molar-refractivity contribution in [3.8, 4) is 0 Å². The van der Waals surface area contributed by atoms with Gasteiger partial charge in [0.25, 0.3) is 0 Å². The molecule has 0 aliphatic carbocycles. The summed E-state index contributed by atoms with van der Waals surface area (Å²) in [4.78, 5) is 4.33. The average Bonchev–Trinajstić information content (AvgIpc) is 2.78. The summed E-state index contributed by atoms with van der Waals surface area (Å²) < 4.78 is 2.99. The molecule has 0 amide bonds. The predicted octanol–water partition coefficient (Wildman–Crippen LogP) is 2.50. The molecule has 0 aliphatic rings. The van der Waals surface area contributed by atoms with E-state index in [4.69, 9.17) is 0 Å². The van der Waals surface area contributed by atoms with Gasteiger partial charge < -0.3 is 4.57 Å². The molecule has 0 unspecified atom stereocenters. The maximum Gasteiger partial charge on any atom is 0.183 e. The number of rotatable bonds is 4. The van der Waals surface area contributed by atoms with E-state index < -0.39 is 0 Å². The molecule has 0 atom stereocenters. The molecule has 0 fully saturated rings. The minimum atomic E-state index is 0.760. The van der Waals surface area contributed by atoms with Crippen LogP contribution in [0.4, 0.5) is 0 Å². The third kappa shape index (κ3) is 2.63. The van der Waals surface area contributed by atoms with E-state index in [1.54, 1.807) is 11.3 Å². The fourth-order valence-electron chi connectivity index (χ4n) is 1.39. The van der Waals surface area contributed by atoms with Crippen molar-refractivity contribution in [2.75, 3.05) is 0 Å². The second-order valence-corrected chi connectivity index (χ2v) is 5.50. The van der Waals surface area contributed by atoms with Crippen LogP contribution in [0, 0.1) is 0 Å². The summed E-state index contributed by atoms with van der Waals surface area (Å²) in [6.45, 7) is 3.17. The maximum atomic E-state index is 4.33. The Morgan fingerprint density at radius 3 is 3.00 bits per heavy atom. The molecule has 0 aromatic carbocycles. The zero-order chi connectivity index (χ0) is 10.7. The van der Waals surface area contributed by atoms with E-state index in [-0.39, 0.29) is 0 Å². The first-order valence-electron chi connectivity index (χ1n) is 4.77. The number of nitrogens with zero attached hydrogens (tertiary/aromatic N) is 4. The Bertz CT molecular complexity index is 437. The van der Waals surface area contributed by atoms with Crippen LogP contribution in [0.5, 0.6) is 0 Å². The normalized spacial score (nSPS) is 10.8. The summed E-state index contributed by atoms with van der Waals surface area (Å²) >= 11 is 4.86.